The Kier molecular flexibility index (Phi) is 5.43. The van der Waals surface area contributed by atoms with Crippen LogP contribution in [0.1, 0.15) is 16.8 Å². The summed E-state index contributed by atoms with van der Waals surface area (Å²) in [5, 5.41) is 15.6. The standard InChI is InChI=1S/C11H12BrN3O4/c1-13-10(16)4-5-14-11(17)8-6-7(15(18)19)2-3-9(8)12/h2-3,6H,4-5H2,1H3,(H,13,16)(H,14,17). The number of nitrogens with zero attached hydrogens (tertiary/aromatic N) is 1. The number of carbonyl (C=O) groups is 2. The largest absolute Gasteiger partial charge is 0.359 e. The number of amides is 2. The molecule has 19 heavy (non-hydrogen) atoms. The third-order valence-electron chi connectivity index (χ3n) is 2.32. The van der Waals surface area contributed by atoms with Gasteiger partial charge in [-0.2, -0.15) is 0 Å². The molecular formula is C11H12BrN3O4. The fourth-order valence-corrected chi connectivity index (χ4v) is 1.74. The second-order valence-corrected chi connectivity index (χ2v) is 4.45. The Morgan fingerprint density at radius 2 is 2.11 bits per heavy atom. The van der Waals surface area contributed by atoms with Gasteiger partial charge in [0, 0.05) is 36.6 Å². The van der Waals surface area contributed by atoms with Gasteiger partial charge in [0.15, 0.2) is 0 Å². The van der Waals surface area contributed by atoms with Gasteiger partial charge in [0.2, 0.25) is 5.91 Å². The number of benzene rings is 1. The second-order valence-electron chi connectivity index (χ2n) is 3.60. The summed E-state index contributed by atoms with van der Waals surface area (Å²) >= 11 is 3.15. The van der Waals surface area contributed by atoms with Gasteiger partial charge in [0.1, 0.15) is 0 Å². The van der Waals surface area contributed by atoms with Gasteiger partial charge in [-0.05, 0) is 22.0 Å². The molecule has 1 aromatic carbocycles. The zero-order chi connectivity index (χ0) is 14.4. The maximum atomic E-state index is 11.8. The number of carbonyl (C=O) groups excluding carboxylic acids is 2. The number of hydrogen-bond donors (Lipinski definition) is 2. The predicted molar refractivity (Wildman–Crippen MR) is 71.8 cm³/mol. The maximum absolute atomic E-state index is 11.8. The van der Waals surface area contributed by atoms with Gasteiger partial charge < -0.3 is 10.6 Å². The molecular weight excluding hydrogens is 318 g/mol. The van der Waals surface area contributed by atoms with E-state index in [9.17, 15) is 19.7 Å². The molecule has 8 heteroatoms. The summed E-state index contributed by atoms with van der Waals surface area (Å²) in [5.41, 5.74) is -0.00856. The van der Waals surface area contributed by atoms with E-state index in [4.69, 9.17) is 0 Å². The van der Waals surface area contributed by atoms with Crippen molar-refractivity contribution in [2.75, 3.05) is 13.6 Å². The molecule has 2 N–H and O–H groups in total. The zero-order valence-corrected chi connectivity index (χ0v) is 11.7. The average molecular weight is 330 g/mol. The van der Waals surface area contributed by atoms with Gasteiger partial charge in [-0.3, -0.25) is 19.7 Å². The van der Waals surface area contributed by atoms with Gasteiger partial charge in [0.05, 0.1) is 10.5 Å². The van der Waals surface area contributed by atoms with Gasteiger partial charge in [-0.15, -0.1) is 0 Å². The molecule has 0 aliphatic rings. The van der Waals surface area contributed by atoms with Crippen LogP contribution in [-0.2, 0) is 4.79 Å². The van der Waals surface area contributed by atoms with Crippen molar-refractivity contribution in [1.82, 2.24) is 10.6 Å². The van der Waals surface area contributed by atoms with E-state index >= 15 is 0 Å². The number of non-ortho nitro benzene ring substituents is 1. The fourth-order valence-electron chi connectivity index (χ4n) is 1.31. The van der Waals surface area contributed by atoms with Crippen molar-refractivity contribution in [1.29, 1.82) is 0 Å². The predicted octanol–water partition coefficient (Wildman–Crippen LogP) is 1.22. The SMILES string of the molecule is CNC(=O)CCNC(=O)c1cc([N+](=O)[O-])ccc1Br. The third-order valence-corrected chi connectivity index (χ3v) is 3.01. The van der Waals surface area contributed by atoms with Crippen LogP contribution in [0.4, 0.5) is 5.69 Å². The molecule has 0 bridgehead atoms. The minimum absolute atomic E-state index is 0.148. The molecule has 2 amide bonds. The lowest BCUT2D eigenvalue weighted by molar-refractivity contribution is -0.384. The summed E-state index contributed by atoms with van der Waals surface area (Å²) in [5.74, 6) is -0.669. The highest BCUT2D eigenvalue weighted by molar-refractivity contribution is 9.10. The van der Waals surface area contributed by atoms with E-state index in [1.54, 1.807) is 0 Å². The first kappa shape index (κ1) is 15.1. The van der Waals surface area contributed by atoms with E-state index in [-0.39, 0.29) is 30.1 Å². The number of nitro groups is 1. The number of rotatable bonds is 5. The van der Waals surface area contributed by atoms with Crippen LogP contribution in [0.15, 0.2) is 22.7 Å². The van der Waals surface area contributed by atoms with Crippen molar-refractivity contribution in [2.24, 2.45) is 0 Å². The van der Waals surface area contributed by atoms with Gasteiger partial charge >= 0.3 is 0 Å². The molecule has 0 heterocycles. The van der Waals surface area contributed by atoms with Crippen molar-refractivity contribution >= 4 is 33.4 Å². The van der Waals surface area contributed by atoms with Gasteiger partial charge in [0.25, 0.3) is 11.6 Å². The van der Waals surface area contributed by atoms with E-state index in [1.807, 2.05) is 0 Å². The highest BCUT2D eigenvalue weighted by Crippen LogP contribution is 2.22. The summed E-state index contributed by atoms with van der Waals surface area (Å²) in [4.78, 5) is 32.9. The topological polar surface area (TPSA) is 101 Å². The van der Waals surface area contributed by atoms with Crippen LogP contribution in [0, 0.1) is 10.1 Å². The van der Waals surface area contributed by atoms with Crippen LogP contribution < -0.4 is 10.6 Å². The summed E-state index contributed by atoms with van der Waals surface area (Å²) in [6, 6.07) is 3.91. The van der Waals surface area contributed by atoms with E-state index in [2.05, 4.69) is 26.6 Å². The lowest BCUT2D eigenvalue weighted by Gasteiger charge is -2.06. The van der Waals surface area contributed by atoms with Crippen molar-refractivity contribution in [2.45, 2.75) is 6.42 Å². The lowest BCUT2D eigenvalue weighted by Crippen LogP contribution is -2.29. The average Bonchev–Trinajstić information content (AvgIpc) is 2.38. The van der Waals surface area contributed by atoms with Crippen LogP contribution in [0.25, 0.3) is 0 Å². The highest BCUT2D eigenvalue weighted by Gasteiger charge is 2.15. The molecule has 0 aliphatic carbocycles. The maximum Gasteiger partial charge on any atom is 0.270 e. The molecule has 0 unspecified atom stereocenters. The van der Waals surface area contributed by atoms with Gasteiger partial charge in [-0.1, -0.05) is 0 Å². The van der Waals surface area contributed by atoms with Crippen molar-refractivity contribution in [3.63, 3.8) is 0 Å². The smallest absolute Gasteiger partial charge is 0.270 e. The zero-order valence-electron chi connectivity index (χ0n) is 10.1. The Bertz CT molecular complexity index is 519. The Morgan fingerprint density at radius 1 is 1.42 bits per heavy atom. The molecule has 0 radical (unpaired) electrons. The van der Waals surface area contributed by atoms with Crippen molar-refractivity contribution in [3.8, 4) is 0 Å². The molecule has 0 saturated carbocycles. The molecule has 0 atom stereocenters. The van der Waals surface area contributed by atoms with Crippen molar-refractivity contribution in [3.05, 3.63) is 38.3 Å². The monoisotopic (exact) mass is 329 g/mol. The first-order chi connectivity index (χ1) is 8.95. The Morgan fingerprint density at radius 3 is 2.68 bits per heavy atom. The summed E-state index contributed by atoms with van der Waals surface area (Å²) in [6.45, 7) is 0.160. The quantitative estimate of drug-likeness (QED) is 0.626. The van der Waals surface area contributed by atoms with E-state index < -0.39 is 10.8 Å². The lowest BCUT2D eigenvalue weighted by atomic mass is 10.2. The van der Waals surface area contributed by atoms with Crippen LogP contribution in [0.2, 0.25) is 0 Å². The Balaban J connectivity index is 2.73. The van der Waals surface area contributed by atoms with E-state index in [0.29, 0.717) is 4.47 Å². The number of hydrogen-bond acceptors (Lipinski definition) is 4. The van der Waals surface area contributed by atoms with E-state index in [1.165, 1.54) is 25.2 Å². The Labute approximate surface area is 117 Å². The molecule has 0 saturated heterocycles. The second kappa shape index (κ2) is 6.83. The summed E-state index contributed by atoms with van der Waals surface area (Å²) in [7, 11) is 1.50. The molecule has 1 rings (SSSR count). The van der Waals surface area contributed by atoms with Crippen LogP contribution in [-0.4, -0.2) is 30.3 Å². The Hall–Kier alpha value is -1.96. The van der Waals surface area contributed by atoms with Gasteiger partial charge in [-0.25, -0.2) is 0 Å². The minimum Gasteiger partial charge on any atom is -0.359 e. The first-order valence-corrected chi connectivity index (χ1v) is 6.17. The van der Waals surface area contributed by atoms with E-state index in [0.717, 1.165) is 0 Å². The minimum atomic E-state index is -0.576. The number of nitrogens with one attached hydrogen (secondary N) is 2. The highest BCUT2D eigenvalue weighted by atomic mass is 79.9. The normalized spacial score (nSPS) is 9.79. The van der Waals surface area contributed by atoms with Crippen LogP contribution in [0.5, 0.6) is 0 Å². The van der Waals surface area contributed by atoms with Crippen LogP contribution >= 0.6 is 15.9 Å². The molecule has 0 fully saturated rings. The summed E-state index contributed by atoms with van der Waals surface area (Å²) < 4.78 is 0.454. The molecule has 102 valence electrons. The first-order valence-electron chi connectivity index (χ1n) is 5.38. The van der Waals surface area contributed by atoms with Crippen LogP contribution in [0.3, 0.4) is 0 Å². The fraction of sp³-hybridized carbons (Fsp3) is 0.273. The molecule has 1 aromatic rings. The molecule has 0 aliphatic heterocycles. The summed E-state index contributed by atoms with van der Waals surface area (Å²) in [6.07, 6.45) is 0.148. The molecule has 7 nitrogen and oxygen atoms in total. The molecule has 0 aromatic heterocycles. The van der Waals surface area contributed by atoms with Crippen molar-refractivity contribution < 1.29 is 14.5 Å². The number of nitro benzene ring substituents is 1. The molecule has 0 spiro atoms. The number of halogens is 1. The third kappa shape index (κ3) is 4.32.